The van der Waals surface area contributed by atoms with Crippen LogP contribution in [0.3, 0.4) is 0 Å². The second-order valence-electron chi connectivity index (χ2n) is 4.77. The van der Waals surface area contributed by atoms with Gasteiger partial charge in [-0.15, -0.1) is 11.6 Å². The first kappa shape index (κ1) is 14.0. The van der Waals surface area contributed by atoms with Gasteiger partial charge in [0.15, 0.2) is 0 Å². The topological polar surface area (TPSA) is 12.5 Å². The van der Waals surface area contributed by atoms with Gasteiger partial charge in [-0.05, 0) is 31.0 Å². The van der Waals surface area contributed by atoms with E-state index in [0.717, 1.165) is 35.8 Å². The second kappa shape index (κ2) is 6.14. The van der Waals surface area contributed by atoms with Crippen molar-refractivity contribution < 1.29 is 4.74 Å². The standard InChI is InChI=1S/C14H19Cl2NO/c1-3-13-9-18-10(2)8-17(13)14-6-12(16)5-4-11(14)7-15/h4-6,10,13H,3,7-9H2,1-2H3. The van der Waals surface area contributed by atoms with Gasteiger partial charge in [-0.2, -0.15) is 0 Å². The normalized spacial score (nSPS) is 24.3. The lowest BCUT2D eigenvalue weighted by atomic mass is 10.1. The minimum absolute atomic E-state index is 0.245. The maximum absolute atomic E-state index is 6.12. The Labute approximate surface area is 119 Å². The molecule has 1 fully saturated rings. The Morgan fingerprint density at radius 1 is 1.44 bits per heavy atom. The lowest BCUT2D eigenvalue weighted by molar-refractivity contribution is 0.0299. The first-order valence-corrected chi connectivity index (χ1v) is 7.29. The van der Waals surface area contributed by atoms with Crippen LogP contribution in [0.2, 0.25) is 5.02 Å². The molecule has 2 nitrogen and oxygen atoms in total. The molecule has 0 spiro atoms. The van der Waals surface area contributed by atoms with E-state index in [4.69, 9.17) is 27.9 Å². The molecule has 1 heterocycles. The maximum Gasteiger partial charge on any atom is 0.0723 e. The van der Waals surface area contributed by atoms with Gasteiger partial charge in [0, 0.05) is 23.1 Å². The van der Waals surface area contributed by atoms with E-state index in [1.54, 1.807) is 0 Å². The van der Waals surface area contributed by atoms with E-state index >= 15 is 0 Å². The van der Waals surface area contributed by atoms with Gasteiger partial charge >= 0.3 is 0 Å². The monoisotopic (exact) mass is 287 g/mol. The van der Waals surface area contributed by atoms with Crippen LogP contribution in [-0.2, 0) is 10.6 Å². The van der Waals surface area contributed by atoms with Crippen molar-refractivity contribution >= 4 is 28.9 Å². The van der Waals surface area contributed by atoms with Crippen LogP contribution in [0.4, 0.5) is 5.69 Å². The van der Waals surface area contributed by atoms with Crippen molar-refractivity contribution in [3.8, 4) is 0 Å². The highest BCUT2D eigenvalue weighted by Crippen LogP contribution is 2.30. The first-order valence-electron chi connectivity index (χ1n) is 6.38. The van der Waals surface area contributed by atoms with Gasteiger partial charge in [0.25, 0.3) is 0 Å². The summed E-state index contributed by atoms with van der Waals surface area (Å²) >= 11 is 12.1. The first-order chi connectivity index (χ1) is 8.65. The zero-order valence-corrected chi connectivity index (χ0v) is 12.3. The van der Waals surface area contributed by atoms with Crippen molar-refractivity contribution in [3.05, 3.63) is 28.8 Å². The van der Waals surface area contributed by atoms with Crippen LogP contribution in [0.1, 0.15) is 25.8 Å². The molecule has 0 saturated carbocycles. The third kappa shape index (κ3) is 2.93. The SMILES string of the molecule is CCC1COC(C)CN1c1cc(Cl)ccc1CCl. The summed E-state index contributed by atoms with van der Waals surface area (Å²) in [5.74, 6) is 0.509. The van der Waals surface area contributed by atoms with Gasteiger partial charge in [0.2, 0.25) is 0 Å². The van der Waals surface area contributed by atoms with Crippen molar-refractivity contribution in [3.63, 3.8) is 0 Å². The van der Waals surface area contributed by atoms with Gasteiger partial charge in [-0.1, -0.05) is 24.6 Å². The number of alkyl halides is 1. The molecule has 0 N–H and O–H groups in total. The molecule has 1 aromatic rings. The summed E-state index contributed by atoms with van der Waals surface area (Å²) in [7, 11) is 0. The molecule has 1 aromatic carbocycles. The van der Waals surface area contributed by atoms with Crippen LogP contribution in [0.25, 0.3) is 0 Å². The average Bonchev–Trinajstić information content (AvgIpc) is 2.38. The van der Waals surface area contributed by atoms with E-state index in [1.165, 1.54) is 0 Å². The van der Waals surface area contributed by atoms with Crippen LogP contribution in [-0.4, -0.2) is 25.3 Å². The Morgan fingerprint density at radius 2 is 2.22 bits per heavy atom. The van der Waals surface area contributed by atoms with E-state index in [1.807, 2.05) is 18.2 Å². The molecule has 0 aromatic heterocycles. The fourth-order valence-corrected chi connectivity index (χ4v) is 2.79. The Bertz CT molecular complexity index is 411. The van der Waals surface area contributed by atoms with E-state index < -0.39 is 0 Å². The molecule has 2 rings (SSSR count). The zero-order valence-electron chi connectivity index (χ0n) is 10.8. The smallest absolute Gasteiger partial charge is 0.0723 e. The number of nitrogens with zero attached hydrogens (tertiary/aromatic N) is 1. The van der Waals surface area contributed by atoms with Crippen molar-refractivity contribution in [2.75, 3.05) is 18.1 Å². The molecule has 0 amide bonds. The number of morpholine rings is 1. The Kier molecular flexibility index (Phi) is 4.77. The maximum atomic E-state index is 6.12. The fraction of sp³-hybridized carbons (Fsp3) is 0.571. The zero-order chi connectivity index (χ0) is 13.1. The summed E-state index contributed by atoms with van der Waals surface area (Å²) in [5.41, 5.74) is 2.29. The van der Waals surface area contributed by atoms with E-state index in [0.29, 0.717) is 11.9 Å². The summed E-state index contributed by atoms with van der Waals surface area (Å²) < 4.78 is 5.73. The number of ether oxygens (including phenoxy) is 1. The quantitative estimate of drug-likeness (QED) is 0.777. The number of hydrogen-bond acceptors (Lipinski definition) is 2. The lowest BCUT2D eigenvalue weighted by Gasteiger charge is -2.40. The predicted molar refractivity (Wildman–Crippen MR) is 77.8 cm³/mol. The number of rotatable bonds is 3. The van der Waals surface area contributed by atoms with Crippen molar-refractivity contribution in [2.24, 2.45) is 0 Å². The average molecular weight is 288 g/mol. The van der Waals surface area contributed by atoms with Crippen molar-refractivity contribution in [2.45, 2.75) is 38.3 Å². The van der Waals surface area contributed by atoms with Crippen LogP contribution >= 0.6 is 23.2 Å². The molecular weight excluding hydrogens is 269 g/mol. The summed E-state index contributed by atoms with van der Waals surface area (Å²) in [6, 6.07) is 6.33. The fourth-order valence-electron chi connectivity index (χ4n) is 2.39. The Balaban J connectivity index is 2.34. The largest absolute Gasteiger partial charge is 0.375 e. The number of benzene rings is 1. The molecule has 0 bridgehead atoms. The van der Waals surface area contributed by atoms with Crippen LogP contribution < -0.4 is 4.90 Å². The Hall–Kier alpha value is -0.440. The highest BCUT2D eigenvalue weighted by atomic mass is 35.5. The highest BCUT2D eigenvalue weighted by Gasteiger charge is 2.27. The molecule has 2 atom stereocenters. The molecule has 0 radical (unpaired) electrons. The molecule has 100 valence electrons. The van der Waals surface area contributed by atoms with Crippen molar-refractivity contribution in [1.29, 1.82) is 0 Å². The van der Waals surface area contributed by atoms with Crippen LogP contribution in [0.5, 0.6) is 0 Å². The minimum atomic E-state index is 0.245. The number of halogens is 2. The Morgan fingerprint density at radius 3 is 2.89 bits per heavy atom. The lowest BCUT2D eigenvalue weighted by Crippen LogP contribution is -2.49. The molecule has 2 unspecified atom stereocenters. The third-order valence-electron chi connectivity index (χ3n) is 3.44. The molecule has 18 heavy (non-hydrogen) atoms. The van der Waals surface area contributed by atoms with E-state index in [9.17, 15) is 0 Å². The highest BCUT2D eigenvalue weighted by molar-refractivity contribution is 6.31. The summed E-state index contributed by atoms with van der Waals surface area (Å²) in [6.45, 7) is 5.94. The summed E-state index contributed by atoms with van der Waals surface area (Å²) in [4.78, 5) is 2.39. The summed E-state index contributed by atoms with van der Waals surface area (Å²) in [6.07, 6.45) is 1.30. The van der Waals surface area contributed by atoms with Crippen LogP contribution in [0.15, 0.2) is 18.2 Å². The van der Waals surface area contributed by atoms with Gasteiger partial charge in [0.1, 0.15) is 0 Å². The minimum Gasteiger partial charge on any atom is -0.375 e. The predicted octanol–water partition coefficient (Wildman–Crippen LogP) is 4.08. The van der Waals surface area contributed by atoms with E-state index in [-0.39, 0.29) is 6.10 Å². The third-order valence-corrected chi connectivity index (χ3v) is 3.96. The molecule has 1 aliphatic heterocycles. The van der Waals surface area contributed by atoms with Crippen LogP contribution in [0, 0.1) is 0 Å². The molecule has 4 heteroatoms. The number of anilines is 1. The number of hydrogen-bond donors (Lipinski definition) is 0. The van der Waals surface area contributed by atoms with Gasteiger partial charge in [-0.3, -0.25) is 0 Å². The van der Waals surface area contributed by atoms with E-state index in [2.05, 4.69) is 18.7 Å². The molecule has 0 aliphatic carbocycles. The van der Waals surface area contributed by atoms with Gasteiger partial charge < -0.3 is 9.64 Å². The van der Waals surface area contributed by atoms with Gasteiger partial charge in [0.05, 0.1) is 18.8 Å². The molecule has 1 saturated heterocycles. The summed E-state index contributed by atoms with van der Waals surface area (Å²) in [5, 5.41) is 0.757. The molecule has 1 aliphatic rings. The van der Waals surface area contributed by atoms with Crippen molar-refractivity contribution in [1.82, 2.24) is 0 Å². The molecular formula is C14H19Cl2NO. The van der Waals surface area contributed by atoms with Gasteiger partial charge in [-0.25, -0.2) is 0 Å². The second-order valence-corrected chi connectivity index (χ2v) is 5.47.